The summed E-state index contributed by atoms with van der Waals surface area (Å²) in [5, 5.41) is 6.94. The molecule has 0 atom stereocenters. The van der Waals surface area contributed by atoms with Crippen LogP contribution in [0.3, 0.4) is 0 Å². The van der Waals surface area contributed by atoms with E-state index >= 15 is 0 Å². The summed E-state index contributed by atoms with van der Waals surface area (Å²) in [4.78, 5) is 4.35. The maximum absolute atomic E-state index is 5.26. The van der Waals surface area contributed by atoms with Crippen LogP contribution in [-0.4, -0.2) is 26.7 Å². The van der Waals surface area contributed by atoms with E-state index in [1.807, 2.05) is 19.2 Å². The van der Waals surface area contributed by atoms with Crippen molar-refractivity contribution < 1.29 is 4.74 Å². The van der Waals surface area contributed by atoms with Crippen LogP contribution in [0, 0.1) is 11.3 Å². The number of hydrogen-bond donors (Lipinski definition) is 2. The summed E-state index contributed by atoms with van der Waals surface area (Å²) >= 11 is 0. The zero-order valence-corrected chi connectivity index (χ0v) is 16.4. The van der Waals surface area contributed by atoms with E-state index in [1.165, 1.54) is 37.7 Å². The summed E-state index contributed by atoms with van der Waals surface area (Å²) in [5.74, 6) is 2.75. The second-order valence-corrected chi connectivity index (χ2v) is 6.62. The zero-order chi connectivity index (χ0) is 15.4. The maximum Gasteiger partial charge on any atom is 0.191 e. The van der Waals surface area contributed by atoms with Gasteiger partial charge in [0.1, 0.15) is 5.75 Å². The highest BCUT2D eigenvalue weighted by Gasteiger charge is 2.48. The van der Waals surface area contributed by atoms with Crippen LogP contribution in [0.25, 0.3) is 0 Å². The fraction of sp³-hybridized carbons (Fsp3) is 0.611. The Bertz CT molecular complexity index is 539. The van der Waals surface area contributed by atoms with Crippen molar-refractivity contribution in [1.82, 2.24) is 10.6 Å². The SMILES string of the molecule is CN=C(NCc1cccc(OC)c1)NCC1(C2CC2)CCC1.I. The predicted molar refractivity (Wildman–Crippen MR) is 106 cm³/mol. The first-order chi connectivity index (χ1) is 10.8. The van der Waals surface area contributed by atoms with Gasteiger partial charge >= 0.3 is 0 Å². The molecule has 0 heterocycles. The van der Waals surface area contributed by atoms with Crippen LogP contribution in [0.1, 0.15) is 37.7 Å². The summed E-state index contributed by atoms with van der Waals surface area (Å²) in [7, 11) is 3.54. The van der Waals surface area contributed by atoms with Crippen molar-refractivity contribution in [3.8, 4) is 5.75 Å². The van der Waals surface area contributed by atoms with Crippen molar-refractivity contribution in [3.63, 3.8) is 0 Å². The van der Waals surface area contributed by atoms with Crippen molar-refractivity contribution in [2.45, 2.75) is 38.6 Å². The van der Waals surface area contributed by atoms with Crippen molar-refractivity contribution in [3.05, 3.63) is 29.8 Å². The van der Waals surface area contributed by atoms with Crippen LogP contribution in [0.4, 0.5) is 0 Å². The third-order valence-electron chi connectivity index (χ3n) is 5.22. The lowest BCUT2D eigenvalue weighted by Crippen LogP contribution is -2.47. The van der Waals surface area contributed by atoms with E-state index < -0.39 is 0 Å². The number of halogens is 1. The molecule has 5 heteroatoms. The molecule has 0 bridgehead atoms. The van der Waals surface area contributed by atoms with Gasteiger partial charge in [-0.3, -0.25) is 4.99 Å². The fourth-order valence-corrected chi connectivity index (χ4v) is 3.50. The minimum atomic E-state index is 0. The van der Waals surface area contributed by atoms with Gasteiger partial charge in [-0.2, -0.15) is 0 Å². The van der Waals surface area contributed by atoms with Gasteiger partial charge in [0, 0.05) is 20.1 Å². The third kappa shape index (κ3) is 4.52. The van der Waals surface area contributed by atoms with E-state index in [0.29, 0.717) is 5.41 Å². The van der Waals surface area contributed by atoms with E-state index in [2.05, 4.69) is 27.8 Å². The molecule has 0 amide bonds. The molecule has 2 aliphatic rings. The normalized spacial score (nSPS) is 19.3. The quantitative estimate of drug-likeness (QED) is 0.413. The highest BCUT2D eigenvalue weighted by molar-refractivity contribution is 14.0. The average Bonchev–Trinajstić information content (AvgIpc) is 3.34. The summed E-state index contributed by atoms with van der Waals surface area (Å²) in [5.41, 5.74) is 1.76. The minimum absolute atomic E-state index is 0. The number of aliphatic imine (C=N–C) groups is 1. The lowest BCUT2D eigenvalue weighted by Gasteiger charge is -2.43. The van der Waals surface area contributed by atoms with Crippen LogP contribution < -0.4 is 15.4 Å². The fourth-order valence-electron chi connectivity index (χ4n) is 3.50. The first kappa shape index (κ1) is 18.4. The number of ether oxygens (including phenoxy) is 1. The van der Waals surface area contributed by atoms with Gasteiger partial charge in [0.05, 0.1) is 7.11 Å². The molecule has 23 heavy (non-hydrogen) atoms. The van der Waals surface area contributed by atoms with E-state index in [9.17, 15) is 0 Å². The molecule has 128 valence electrons. The Balaban J connectivity index is 0.00000192. The average molecular weight is 429 g/mol. The molecule has 0 unspecified atom stereocenters. The number of rotatable bonds is 6. The van der Waals surface area contributed by atoms with Crippen molar-refractivity contribution in [2.24, 2.45) is 16.3 Å². The number of benzene rings is 1. The summed E-state index contributed by atoms with van der Waals surface area (Å²) in [6.07, 6.45) is 7.03. The Morgan fingerprint density at radius 1 is 1.30 bits per heavy atom. The van der Waals surface area contributed by atoms with Crippen molar-refractivity contribution in [2.75, 3.05) is 20.7 Å². The number of nitrogens with one attached hydrogen (secondary N) is 2. The van der Waals surface area contributed by atoms with Crippen LogP contribution in [0.2, 0.25) is 0 Å². The monoisotopic (exact) mass is 429 g/mol. The van der Waals surface area contributed by atoms with E-state index in [4.69, 9.17) is 4.74 Å². The standard InChI is InChI=1S/C18H27N3O.HI/c1-19-17(20-12-14-5-3-6-16(11-14)22-2)21-13-18(9-4-10-18)15-7-8-15;/h3,5-6,11,15H,4,7-10,12-13H2,1-2H3,(H2,19,20,21);1H. The van der Waals surface area contributed by atoms with Crippen molar-refractivity contribution in [1.29, 1.82) is 0 Å². The molecule has 2 fully saturated rings. The van der Waals surface area contributed by atoms with Crippen LogP contribution >= 0.6 is 24.0 Å². The number of methoxy groups -OCH3 is 1. The summed E-state index contributed by atoms with van der Waals surface area (Å²) in [6, 6.07) is 8.13. The minimum Gasteiger partial charge on any atom is -0.497 e. The molecule has 4 nitrogen and oxygen atoms in total. The maximum atomic E-state index is 5.26. The zero-order valence-electron chi connectivity index (χ0n) is 14.1. The van der Waals surface area contributed by atoms with Gasteiger partial charge in [-0.15, -0.1) is 24.0 Å². The van der Waals surface area contributed by atoms with Crippen LogP contribution in [-0.2, 0) is 6.54 Å². The smallest absolute Gasteiger partial charge is 0.191 e. The first-order valence-corrected chi connectivity index (χ1v) is 8.33. The topological polar surface area (TPSA) is 45.7 Å². The summed E-state index contributed by atoms with van der Waals surface area (Å²) in [6.45, 7) is 1.82. The van der Waals surface area contributed by atoms with Gasteiger partial charge in [0.2, 0.25) is 0 Å². The Labute approximate surface area is 156 Å². The van der Waals surface area contributed by atoms with Crippen molar-refractivity contribution >= 4 is 29.9 Å². The number of nitrogens with zero attached hydrogens (tertiary/aromatic N) is 1. The molecule has 1 aromatic rings. The van der Waals surface area contributed by atoms with Crippen LogP contribution in [0.5, 0.6) is 5.75 Å². The summed E-state index contributed by atoms with van der Waals surface area (Å²) < 4.78 is 5.26. The molecule has 2 saturated carbocycles. The van der Waals surface area contributed by atoms with E-state index in [0.717, 1.165) is 30.7 Å². The lowest BCUT2D eigenvalue weighted by atomic mass is 9.65. The van der Waals surface area contributed by atoms with Gasteiger partial charge in [0.25, 0.3) is 0 Å². The molecule has 0 spiro atoms. The number of hydrogen-bond acceptors (Lipinski definition) is 2. The predicted octanol–water partition coefficient (Wildman–Crippen LogP) is 3.56. The largest absolute Gasteiger partial charge is 0.497 e. The number of guanidine groups is 1. The highest BCUT2D eigenvalue weighted by atomic mass is 127. The van der Waals surface area contributed by atoms with Gasteiger partial charge in [-0.25, -0.2) is 0 Å². The highest BCUT2D eigenvalue weighted by Crippen LogP contribution is 2.56. The van der Waals surface area contributed by atoms with E-state index in [-0.39, 0.29) is 24.0 Å². The molecule has 0 saturated heterocycles. The Kier molecular flexibility index (Phi) is 6.56. The molecule has 2 aliphatic carbocycles. The lowest BCUT2D eigenvalue weighted by molar-refractivity contribution is 0.106. The second kappa shape index (κ2) is 8.22. The third-order valence-corrected chi connectivity index (χ3v) is 5.22. The molecule has 1 aromatic carbocycles. The Morgan fingerprint density at radius 2 is 2.09 bits per heavy atom. The van der Waals surface area contributed by atoms with Gasteiger partial charge in [-0.1, -0.05) is 18.6 Å². The first-order valence-electron chi connectivity index (χ1n) is 8.33. The Hall–Kier alpha value is -0.980. The molecular weight excluding hydrogens is 401 g/mol. The van der Waals surface area contributed by atoms with Gasteiger partial charge < -0.3 is 15.4 Å². The molecule has 0 aliphatic heterocycles. The Morgan fingerprint density at radius 3 is 2.65 bits per heavy atom. The molecule has 2 N–H and O–H groups in total. The molecule has 3 rings (SSSR count). The molecular formula is C18H28IN3O. The van der Waals surface area contributed by atoms with E-state index in [1.54, 1.807) is 7.11 Å². The van der Waals surface area contributed by atoms with Gasteiger partial charge in [-0.05, 0) is 54.7 Å². The second-order valence-electron chi connectivity index (χ2n) is 6.62. The molecule has 0 aromatic heterocycles. The molecule has 0 radical (unpaired) electrons. The van der Waals surface area contributed by atoms with Gasteiger partial charge in [0.15, 0.2) is 5.96 Å². The van der Waals surface area contributed by atoms with Crippen LogP contribution in [0.15, 0.2) is 29.3 Å².